The predicted octanol–water partition coefficient (Wildman–Crippen LogP) is 1.59. The quantitative estimate of drug-likeness (QED) is 0.539. The minimum Gasteiger partial charge on any atom is -0.506 e. The summed E-state index contributed by atoms with van der Waals surface area (Å²) < 4.78 is 1.55. The number of hydrogen-bond donors (Lipinski definition) is 2. The molecular formula is C12H9N5O3. The summed E-state index contributed by atoms with van der Waals surface area (Å²) in [6, 6.07) is 5.83. The van der Waals surface area contributed by atoms with Crippen LogP contribution >= 0.6 is 0 Å². The number of nitrogens with zero attached hydrogens (tertiary/aromatic N) is 4. The van der Waals surface area contributed by atoms with Gasteiger partial charge in [0.2, 0.25) is 0 Å². The maximum Gasteiger partial charge on any atom is 0.269 e. The van der Waals surface area contributed by atoms with Crippen LogP contribution in [0.5, 0.6) is 5.75 Å². The second-order valence-corrected chi connectivity index (χ2v) is 4.17. The van der Waals surface area contributed by atoms with Crippen molar-refractivity contribution in [2.24, 2.45) is 0 Å². The van der Waals surface area contributed by atoms with E-state index >= 15 is 0 Å². The molecule has 8 nitrogen and oxygen atoms in total. The molecule has 0 fully saturated rings. The van der Waals surface area contributed by atoms with Crippen LogP contribution in [0.2, 0.25) is 0 Å². The van der Waals surface area contributed by atoms with Gasteiger partial charge in [0.15, 0.2) is 5.82 Å². The molecule has 3 rings (SSSR count). The number of hydrogen-bond acceptors (Lipinski definition) is 6. The summed E-state index contributed by atoms with van der Waals surface area (Å²) in [6.07, 6.45) is 2.87. The predicted molar refractivity (Wildman–Crippen MR) is 71.2 cm³/mol. The second kappa shape index (κ2) is 4.19. The van der Waals surface area contributed by atoms with Crippen LogP contribution in [0.25, 0.3) is 16.6 Å². The fourth-order valence-electron chi connectivity index (χ4n) is 2.09. The summed E-state index contributed by atoms with van der Waals surface area (Å²) in [6.45, 7) is 0. The first kappa shape index (κ1) is 11.9. The third kappa shape index (κ3) is 1.70. The van der Waals surface area contributed by atoms with Crippen LogP contribution in [0, 0.1) is 10.1 Å². The molecule has 0 radical (unpaired) electrons. The molecule has 0 aliphatic carbocycles. The SMILES string of the molecule is Nc1nncn2cc(O)c(-c3ccc([N+](=O)[O-])cc3)c12. The smallest absolute Gasteiger partial charge is 0.269 e. The van der Waals surface area contributed by atoms with E-state index in [1.165, 1.54) is 24.7 Å². The van der Waals surface area contributed by atoms with Crippen LogP contribution in [-0.4, -0.2) is 24.6 Å². The molecule has 0 aliphatic rings. The van der Waals surface area contributed by atoms with Crippen molar-refractivity contribution in [1.82, 2.24) is 14.6 Å². The van der Waals surface area contributed by atoms with Gasteiger partial charge in [0.05, 0.1) is 16.7 Å². The van der Waals surface area contributed by atoms with Gasteiger partial charge in [0.25, 0.3) is 5.69 Å². The number of aromatic nitrogens is 3. The van der Waals surface area contributed by atoms with Crippen LogP contribution < -0.4 is 5.73 Å². The van der Waals surface area contributed by atoms with Gasteiger partial charge in [-0.1, -0.05) is 0 Å². The molecule has 2 aromatic heterocycles. The van der Waals surface area contributed by atoms with Gasteiger partial charge in [0.1, 0.15) is 17.6 Å². The zero-order valence-electron chi connectivity index (χ0n) is 10.1. The van der Waals surface area contributed by atoms with Gasteiger partial charge in [-0.15, -0.1) is 10.2 Å². The average Bonchev–Trinajstić information content (AvgIpc) is 2.76. The fourth-order valence-corrected chi connectivity index (χ4v) is 2.09. The Balaban J connectivity index is 2.23. The van der Waals surface area contributed by atoms with Gasteiger partial charge in [-0.05, 0) is 17.7 Å². The van der Waals surface area contributed by atoms with Gasteiger partial charge < -0.3 is 10.8 Å². The lowest BCUT2D eigenvalue weighted by Gasteiger charge is -2.02. The molecule has 0 atom stereocenters. The van der Waals surface area contributed by atoms with Crippen LogP contribution in [0.4, 0.5) is 11.5 Å². The zero-order chi connectivity index (χ0) is 14.3. The third-order valence-corrected chi connectivity index (χ3v) is 2.96. The first-order valence-corrected chi connectivity index (χ1v) is 5.63. The van der Waals surface area contributed by atoms with Crippen molar-refractivity contribution in [1.29, 1.82) is 0 Å². The van der Waals surface area contributed by atoms with E-state index in [0.29, 0.717) is 16.6 Å². The fraction of sp³-hybridized carbons (Fsp3) is 0. The lowest BCUT2D eigenvalue weighted by Crippen LogP contribution is -1.98. The Morgan fingerprint density at radius 2 is 2.00 bits per heavy atom. The molecule has 8 heteroatoms. The summed E-state index contributed by atoms with van der Waals surface area (Å²) in [5.74, 6) is 0.168. The summed E-state index contributed by atoms with van der Waals surface area (Å²) >= 11 is 0. The van der Waals surface area contributed by atoms with Crippen molar-refractivity contribution < 1.29 is 10.0 Å². The molecule has 0 saturated carbocycles. The second-order valence-electron chi connectivity index (χ2n) is 4.17. The molecule has 0 unspecified atom stereocenters. The molecule has 0 bridgehead atoms. The summed E-state index contributed by atoms with van der Waals surface area (Å²) in [5.41, 5.74) is 7.33. The highest BCUT2D eigenvalue weighted by molar-refractivity contribution is 5.91. The molecule has 0 aliphatic heterocycles. The number of anilines is 1. The minimum atomic E-state index is -0.485. The van der Waals surface area contributed by atoms with Crippen molar-refractivity contribution in [3.05, 3.63) is 46.9 Å². The molecule has 1 aromatic carbocycles. The van der Waals surface area contributed by atoms with E-state index in [9.17, 15) is 15.2 Å². The monoisotopic (exact) mass is 271 g/mol. The van der Waals surface area contributed by atoms with Crippen molar-refractivity contribution in [2.75, 3.05) is 5.73 Å². The largest absolute Gasteiger partial charge is 0.506 e. The summed E-state index contributed by atoms with van der Waals surface area (Å²) in [5, 5.41) is 28.1. The molecule has 0 amide bonds. The highest BCUT2D eigenvalue weighted by Gasteiger charge is 2.16. The van der Waals surface area contributed by atoms with E-state index in [2.05, 4.69) is 10.2 Å². The van der Waals surface area contributed by atoms with E-state index in [-0.39, 0.29) is 17.3 Å². The Hall–Kier alpha value is -3.16. The number of nitro benzene ring substituents is 1. The molecule has 20 heavy (non-hydrogen) atoms. The number of benzene rings is 1. The summed E-state index contributed by atoms with van der Waals surface area (Å²) in [7, 11) is 0. The molecule has 100 valence electrons. The molecular weight excluding hydrogens is 262 g/mol. The van der Waals surface area contributed by atoms with E-state index in [0.717, 1.165) is 0 Å². The third-order valence-electron chi connectivity index (χ3n) is 2.96. The Labute approximate surface area is 112 Å². The van der Waals surface area contributed by atoms with E-state index in [1.807, 2.05) is 0 Å². The average molecular weight is 271 g/mol. The molecule has 0 saturated heterocycles. The van der Waals surface area contributed by atoms with Crippen molar-refractivity contribution >= 4 is 17.0 Å². The van der Waals surface area contributed by atoms with E-state index < -0.39 is 4.92 Å². The topological polar surface area (TPSA) is 120 Å². The van der Waals surface area contributed by atoms with E-state index in [4.69, 9.17) is 5.73 Å². The van der Waals surface area contributed by atoms with Crippen molar-refractivity contribution in [3.8, 4) is 16.9 Å². The number of aromatic hydroxyl groups is 1. The molecule has 0 spiro atoms. The number of nitro groups is 1. The Morgan fingerprint density at radius 1 is 1.30 bits per heavy atom. The normalized spacial score (nSPS) is 10.8. The van der Waals surface area contributed by atoms with Gasteiger partial charge in [-0.25, -0.2) is 0 Å². The lowest BCUT2D eigenvalue weighted by molar-refractivity contribution is -0.384. The molecule has 3 aromatic rings. The molecule has 3 N–H and O–H groups in total. The maximum absolute atomic E-state index is 10.6. The maximum atomic E-state index is 10.6. The Bertz CT molecular complexity index is 810. The summed E-state index contributed by atoms with van der Waals surface area (Å²) in [4.78, 5) is 10.2. The zero-order valence-corrected chi connectivity index (χ0v) is 10.1. The van der Waals surface area contributed by atoms with Crippen LogP contribution in [0.15, 0.2) is 36.8 Å². The number of rotatable bonds is 2. The van der Waals surface area contributed by atoms with E-state index in [1.54, 1.807) is 16.5 Å². The Kier molecular flexibility index (Phi) is 2.50. The lowest BCUT2D eigenvalue weighted by atomic mass is 10.1. The Morgan fingerprint density at radius 3 is 2.65 bits per heavy atom. The van der Waals surface area contributed by atoms with Gasteiger partial charge in [-0.3, -0.25) is 14.5 Å². The number of fused-ring (bicyclic) bond motifs is 1. The van der Waals surface area contributed by atoms with Crippen LogP contribution in [-0.2, 0) is 0 Å². The van der Waals surface area contributed by atoms with Gasteiger partial charge >= 0.3 is 0 Å². The van der Waals surface area contributed by atoms with Crippen molar-refractivity contribution in [3.63, 3.8) is 0 Å². The number of nitrogens with two attached hydrogens (primary N) is 1. The highest BCUT2D eigenvalue weighted by atomic mass is 16.6. The first-order chi connectivity index (χ1) is 9.58. The highest BCUT2D eigenvalue weighted by Crippen LogP contribution is 2.37. The molecule has 2 heterocycles. The minimum absolute atomic E-state index is 0.000327. The number of nitrogen functional groups attached to an aromatic ring is 1. The number of non-ortho nitro benzene ring substituents is 1. The van der Waals surface area contributed by atoms with Crippen molar-refractivity contribution in [2.45, 2.75) is 0 Å². The standard InChI is InChI=1S/C12H9N5O3/c13-12-11-10(9(18)5-16(11)6-14-15-12)7-1-3-8(4-2-7)17(19)20/h1-6,18H,(H2,13,15). The van der Waals surface area contributed by atoms with Gasteiger partial charge in [0, 0.05) is 12.1 Å². The van der Waals surface area contributed by atoms with Crippen LogP contribution in [0.1, 0.15) is 0 Å². The van der Waals surface area contributed by atoms with Gasteiger partial charge in [-0.2, -0.15) is 0 Å². The van der Waals surface area contributed by atoms with Crippen LogP contribution in [0.3, 0.4) is 0 Å². The first-order valence-electron chi connectivity index (χ1n) is 5.63.